The van der Waals surface area contributed by atoms with Gasteiger partial charge < -0.3 is 0 Å². The van der Waals surface area contributed by atoms with Crippen LogP contribution in [0.4, 0.5) is 0 Å². The monoisotopic (exact) mass is 301 g/mol. The van der Waals surface area contributed by atoms with Crippen LogP contribution in [0.2, 0.25) is 0 Å². The largest absolute Gasteiger partial charge is 0.295 e. The third-order valence-corrected chi connectivity index (χ3v) is 4.44. The van der Waals surface area contributed by atoms with Crippen molar-refractivity contribution in [3.63, 3.8) is 0 Å². The van der Waals surface area contributed by atoms with Gasteiger partial charge in [-0.1, -0.05) is 49.8 Å². The quantitative estimate of drug-likeness (QED) is 0.730. The highest BCUT2D eigenvalue weighted by Crippen LogP contribution is 2.25. The highest BCUT2D eigenvalue weighted by molar-refractivity contribution is 8.01. The van der Waals surface area contributed by atoms with Crippen LogP contribution in [-0.4, -0.2) is 24.2 Å². The molecule has 21 heavy (non-hydrogen) atoms. The molecule has 1 aromatic carbocycles. The summed E-state index contributed by atoms with van der Waals surface area (Å²) < 4.78 is 0. The molecule has 0 radical (unpaired) electrons. The molecule has 0 aliphatic carbocycles. The molecule has 114 valence electrons. The first-order valence-corrected chi connectivity index (χ1v) is 9.29. The Balaban J connectivity index is 2.08. The molecule has 1 aliphatic rings. The summed E-state index contributed by atoms with van der Waals surface area (Å²) in [6, 6.07) is 10.8. The Morgan fingerprint density at radius 2 is 2.00 bits per heavy atom. The fraction of sp³-hybridized carbons (Fsp3) is 0.474. The molecule has 1 saturated heterocycles. The van der Waals surface area contributed by atoms with Crippen LogP contribution in [0, 0.1) is 0 Å². The highest BCUT2D eigenvalue weighted by atomic mass is 32.2. The zero-order valence-electron chi connectivity index (χ0n) is 13.3. The molecule has 0 spiro atoms. The van der Waals surface area contributed by atoms with Crippen LogP contribution in [0.5, 0.6) is 0 Å². The molecule has 0 saturated carbocycles. The number of allylic oxidation sites excluding steroid dienone is 1. The second-order valence-electron chi connectivity index (χ2n) is 5.70. The number of hydrogen-bond acceptors (Lipinski definition) is 2. The van der Waals surface area contributed by atoms with Crippen LogP contribution in [0.15, 0.2) is 53.0 Å². The van der Waals surface area contributed by atoms with E-state index in [9.17, 15) is 0 Å². The summed E-state index contributed by atoms with van der Waals surface area (Å²) in [5.41, 5.74) is 4.54. The number of benzene rings is 1. The molecule has 1 nitrogen and oxygen atoms in total. The minimum atomic E-state index is 1.06. The van der Waals surface area contributed by atoms with E-state index in [0.29, 0.717) is 0 Å². The molecule has 0 unspecified atom stereocenters. The van der Waals surface area contributed by atoms with E-state index >= 15 is 0 Å². The minimum absolute atomic E-state index is 1.06. The lowest BCUT2D eigenvalue weighted by atomic mass is 10.0. The maximum atomic E-state index is 2.59. The first kappa shape index (κ1) is 16.4. The van der Waals surface area contributed by atoms with E-state index in [0.717, 1.165) is 13.1 Å². The van der Waals surface area contributed by atoms with E-state index in [1.807, 2.05) is 11.8 Å². The van der Waals surface area contributed by atoms with Crippen molar-refractivity contribution in [1.29, 1.82) is 0 Å². The van der Waals surface area contributed by atoms with E-state index < -0.39 is 0 Å². The molecular formula is C19H27NS. The first-order valence-electron chi connectivity index (χ1n) is 8.01. The van der Waals surface area contributed by atoms with Gasteiger partial charge in [-0.05, 0) is 54.2 Å². The second kappa shape index (κ2) is 9.11. The van der Waals surface area contributed by atoms with Crippen molar-refractivity contribution in [2.45, 2.75) is 39.2 Å². The van der Waals surface area contributed by atoms with E-state index in [-0.39, 0.29) is 0 Å². The SMILES string of the molecule is CCC/C=C1\CCCN(Cc2ccccc2)C\C1=C/SC. The maximum Gasteiger partial charge on any atom is 0.0245 e. The molecule has 0 aromatic heterocycles. The normalized spacial score (nSPS) is 20.9. The topological polar surface area (TPSA) is 3.24 Å². The minimum Gasteiger partial charge on any atom is -0.295 e. The van der Waals surface area contributed by atoms with Gasteiger partial charge in [0.25, 0.3) is 0 Å². The number of thioether (sulfide) groups is 1. The molecule has 0 N–H and O–H groups in total. The average molecular weight is 301 g/mol. The van der Waals surface area contributed by atoms with Gasteiger partial charge in [0.15, 0.2) is 0 Å². The Morgan fingerprint density at radius 1 is 1.19 bits per heavy atom. The average Bonchev–Trinajstić information content (AvgIpc) is 2.69. The van der Waals surface area contributed by atoms with E-state index in [4.69, 9.17) is 0 Å². The van der Waals surface area contributed by atoms with Gasteiger partial charge in [0, 0.05) is 13.1 Å². The third-order valence-electron chi connectivity index (χ3n) is 3.92. The van der Waals surface area contributed by atoms with Gasteiger partial charge in [0.2, 0.25) is 0 Å². The van der Waals surface area contributed by atoms with Gasteiger partial charge in [0.1, 0.15) is 0 Å². The van der Waals surface area contributed by atoms with E-state index in [1.54, 1.807) is 5.57 Å². The van der Waals surface area contributed by atoms with Gasteiger partial charge in [-0.15, -0.1) is 11.8 Å². The van der Waals surface area contributed by atoms with Gasteiger partial charge in [-0.3, -0.25) is 4.90 Å². The van der Waals surface area contributed by atoms with Crippen LogP contribution < -0.4 is 0 Å². The number of likely N-dealkylation sites (tertiary alicyclic amines) is 1. The molecular weight excluding hydrogens is 274 g/mol. The highest BCUT2D eigenvalue weighted by Gasteiger charge is 2.16. The maximum absolute atomic E-state index is 2.59. The molecule has 0 amide bonds. The predicted octanol–water partition coefficient (Wildman–Crippen LogP) is 5.26. The van der Waals surface area contributed by atoms with Crippen molar-refractivity contribution in [2.75, 3.05) is 19.3 Å². The number of nitrogens with zero attached hydrogens (tertiary/aromatic N) is 1. The third kappa shape index (κ3) is 5.37. The van der Waals surface area contributed by atoms with Crippen molar-refractivity contribution >= 4 is 11.8 Å². The molecule has 1 fully saturated rings. The molecule has 0 bridgehead atoms. The van der Waals surface area contributed by atoms with Crippen LogP contribution in [-0.2, 0) is 6.54 Å². The van der Waals surface area contributed by atoms with Crippen LogP contribution in [0.25, 0.3) is 0 Å². The lowest BCUT2D eigenvalue weighted by Gasteiger charge is -2.21. The Kier molecular flexibility index (Phi) is 7.11. The van der Waals surface area contributed by atoms with Crippen molar-refractivity contribution < 1.29 is 0 Å². The summed E-state index contributed by atoms with van der Waals surface area (Å²) >= 11 is 1.83. The molecule has 1 aliphatic heterocycles. The summed E-state index contributed by atoms with van der Waals surface area (Å²) in [5.74, 6) is 0. The number of unbranched alkanes of at least 4 members (excludes halogenated alkanes) is 1. The summed E-state index contributed by atoms with van der Waals surface area (Å²) in [6.07, 6.45) is 9.58. The van der Waals surface area contributed by atoms with Crippen molar-refractivity contribution in [3.8, 4) is 0 Å². The molecule has 2 rings (SSSR count). The van der Waals surface area contributed by atoms with E-state index in [1.165, 1.54) is 43.4 Å². The summed E-state index contributed by atoms with van der Waals surface area (Å²) in [4.78, 5) is 2.59. The fourth-order valence-electron chi connectivity index (χ4n) is 2.86. The molecule has 1 heterocycles. The summed E-state index contributed by atoms with van der Waals surface area (Å²) in [7, 11) is 0. The smallest absolute Gasteiger partial charge is 0.0245 e. The Bertz CT molecular complexity index is 476. The Morgan fingerprint density at radius 3 is 2.71 bits per heavy atom. The van der Waals surface area contributed by atoms with Crippen LogP contribution in [0.1, 0.15) is 38.2 Å². The Hall–Kier alpha value is -0.990. The molecule has 0 atom stereocenters. The van der Waals surface area contributed by atoms with Gasteiger partial charge in [-0.25, -0.2) is 0 Å². The standard InChI is InChI=1S/C19H27NS/c1-3-4-11-18-12-8-13-20(15-19(18)16-21-2)14-17-9-6-5-7-10-17/h5-7,9-11,16H,3-4,8,12-15H2,1-2H3/b18-11+,19-16+. The van der Waals surface area contributed by atoms with Crippen molar-refractivity contribution in [3.05, 3.63) is 58.5 Å². The number of hydrogen-bond donors (Lipinski definition) is 0. The zero-order valence-corrected chi connectivity index (χ0v) is 14.2. The Labute approximate surface area is 134 Å². The van der Waals surface area contributed by atoms with Crippen molar-refractivity contribution in [1.82, 2.24) is 4.90 Å². The molecule has 2 heteroatoms. The molecule has 1 aromatic rings. The van der Waals surface area contributed by atoms with Crippen LogP contribution >= 0.6 is 11.8 Å². The fourth-order valence-corrected chi connectivity index (χ4v) is 3.37. The first-order chi connectivity index (χ1) is 10.3. The summed E-state index contributed by atoms with van der Waals surface area (Å²) in [5, 5.41) is 2.35. The lowest BCUT2D eigenvalue weighted by molar-refractivity contribution is 0.295. The van der Waals surface area contributed by atoms with Crippen LogP contribution in [0.3, 0.4) is 0 Å². The zero-order chi connectivity index (χ0) is 14.9. The van der Waals surface area contributed by atoms with Gasteiger partial charge in [-0.2, -0.15) is 0 Å². The lowest BCUT2D eigenvalue weighted by Crippen LogP contribution is -2.25. The van der Waals surface area contributed by atoms with Crippen molar-refractivity contribution in [2.24, 2.45) is 0 Å². The van der Waals surface area contributed by atoms with E-state index in [2.05, 4.69) is 59.9 Å². The predicted molar refractivity (Wildman–Crippen MR) is 95.5 cm³/mol. The van der Waals surface area contributed by atoms with Gasteiger partial charge in [0.05, 0.1) is 0 Å². The number of rotatable bonds is 5. The second-order valence-corrected chi connectivity index (χ2v) is 6.40. The summed E-state index contributed by atoms with van der Waals surface area (Å²) in [6.45, 7) is 5.61. The van der Waals surface area contributed by atoms with Gasteiger partial charge >= 0.3 is 0 Å².